The lowest BCUT2D eigenvalue weighted by Gasteiger charge is -2.16. The molecule has 112 valence electrons. The summed E-state index contributed by atoms with van der Waals surface area (Å²) in [6.07, 6.45) is 2.21. The molecule has 0 saturated carbocycles. The normalized spacial score (nSPS) is 10.8. The van der Waals surface area contributed by atoms with Gasteiger partial charge in [0.2, 0.25) is 0 Å². The average Bonchev–Trinajstić information content (AvgIpc) is 2.81. The van der Waals surface area contributed by atoms with Crippen molar-refractivity contribution in [2.45, 2.75) is 19.8 Å². The van der Waals surface area contributed by atoms with Crippen molar-refractivity contribution in [2.75, 3.05) is 13.6 Å². The topological polar surface area (TPSA) is 74.9 Å². The molecule has 0 saturated heterocycles. The first-order valence-electron chi connectivity index (χ1n) is 6.57. The van der Waals surface area contributed by atoms with E-state index in [2.05, 4.69) is 4.98 Å². The Bertz CT molecular complexity index is 696. The molecule has 2 rings (SSSR count). The van der Waals surface area contributed by atoms with Crippen molar-refractivity contribution in [2.24, 2.45) is 0 Å². The van der Waals surface area contributed by atoms with Gasteiger partial charge in [-0.05, 0) is 12.5 Å². The standard InChI is InChI=1S/C14H16ClN3O3/c1-3-10-13(14(21)17(2)6-5-12(19)20)18-7-4-9(15)8-11(18)16-10/h4,7-8H,3,5-6H2,1-2H3,(H,19,20). The number of carboxylic acid groups (broad SMARTS) is 1. The fourth-order valence-corrected chi connectivity index (χ4v) is 2.24. The fraction of sp³-hybridized carbons (Fsp3) is 0.357. The van der Waals surface area contributed by atoms with Crippen molar-refractivity contribution in [1.29, 1.82) is 0 Å². The number of pyridine rings is 1. The van der Waals surface area contributed by atoms with E-state index in [1.165, 1.54) is 4.90 Å². The van der Waals surface area contributed by atoms with Crippen LogP contribution in [-0.4, -0.2) is 44.9 Å². The van der Waals surface area contributed by atoms with Crippen LogP contribution in [-0.2, 0) is 11.2 Å². The molecular weight excluding hydrogens is 294 g/mol. The summed E-state index contributed by atoms with van der Waals surface area (Å²) in [5, 5.41) is 9.26. The molecule has 0 aromatic carbocycles. The molecule has 1 N–H and O–H groups in total. The molecule has 0 bridgehead atoms. The van der Waals surface area contributed by atoms with Crippen molar-refractivity contribution in [1.82, 2.24) is 14.3 Å². The van der Waals surface area contributed by atoms with Crippen LogP contribution in [0.15, 0.2) is 18.3 Å². The minimum absolute atomic E-state index is 0.0910. The van der Waals surface area contributed by atoms with E-state index >= 15 is 0 Å². The minimum atomic E-state index is -0.935. The highest BCUT2D eigenvalue weighted by Crippen LogP contribution is 2.18. The molecule has 2 heterocycles. The summed E-state index contributed by atoms with van der Waals surface area (Å²) in [5.74, 6) is -1.18. The second kappa shape index (κ2) is 6.13. The van der Waals surface area contributed by atoms with Crippen LogP contribution in [0.5, 0.6) is 0 Å². The van der Waals surface area contributed by atoms with Crippen molar-refractivity contribution >= 4 is 29.1 Å². The van der Waals surface area contributed by atoms with E-state index in [-0.39, 0.29) is 18.9 Å². The Kier molecular flexibility index (Phi) is 4.47. The number of aliphatic carboxylic acids is 1. The van der Waals surface area contributed by atoms with Crippen LogP contribution in [0.25, 0.3) is 5.65 Å². The molecule has 0 aliphatic rings. The lowest BCUT2D eigenvalue weighted by Crippen LogP contribution is -2.30. The summed E-state index contributed by atoms with van der Waals surface area (Å²) in [6.45, 7) is 2.07. The summed E-state index contributed by atoms with van der Waals surface area (Å²) >= 11 is 5.94. The molecular formula is C14H16ClN3O3. The molecule has 6 nitrogen and oxygen atoms in total. The molecule has 0 aliphatic heterocycles. The van der Waals surface area contributed by atoms with Gasteiger partial charge in [-0.3, -0.25) is 14.0 Å². The molecule has 2 aromatic rings. The smallest absolute Gasteiger partial charge is 0.305 e. The largest absolute Gasteiger partial charge is 0.481 e. The first kappa shape index (κ1) is 15.3. The van der Waals surface area contributed by atoms with Crippen LogP contribution in [0.2, 0.25) is 5.02 Å². The predicted octanol–water partition coefficient (Wildman–Crippen LogP) is 2.10. The lowest BCUT2D eigenvalue weighted by atomic mass is 10.2. The average molecular weight is 310 g/mol. The number of aromatic nitrogens is 2. The summed E-state index contributed by atoms with van der Waals surface area (Å²) in [4.78, 5) is 29.0. The highest BCUT2D eigenvalue weighted by molar-refractivity contribution is 6.30. The number of hydrogen-bond donors (Lipinski definition) is 1. The van der Waals surface area contributed by atoms with Crippen LogP contribution in [0, 0.1) is 0 Å². The maximum Gasteiger partial charge on any atom is 0.305 e. The van der Waals surface area contributed by atoms with Gasteiger partial charge in [0, 0.05) is 30.9 Å². The van der Waals surface area contributed by atoms with Gasteiger partial charge in [-0.2, -0.15) is 0 Å². The number of carbonyl (C=O) groups excluding carboxylic acids is 1. The van der Waals surface area contributed by atoms with E-state index in [0.29, 0.717) is 28.5 Å². The third kappa shape index (κ3) is 3.16. The van der Waals surface area contributed by atoms with Crippen LogP contribution < -0.4 is 0 Å². The molecule has 0 radical (unpaired) electrons. The maximum absolute atomic E-state index is 12.5. The van der Waals surface area contributed by atoms with E-state index in [1.54, 1.807) is 29.8 Å². The Labute approximate surface area is 127 Å². The van der Waals surface area contributed by atoms with Crippen LogP contribution in [0.3, 0.4) is 0 Å². The third-order valence-corrected chi connectivity index (χ3v) is 3.44. The minimum Gasteiger partial charge on any atom is -0.481 e. The zero-order chi connectivity index (χ0) is 15.6. The summed E-state index contributed by atoms with van der Waals surface area (Å²) in [7, 11) is 1.58. The number of carboxylic acids is 1. The fourth-order valence-electron chi connectivity index (χ4n) is 2.09. The van der Waals surface area contributed by atoms with E-state index < -0.39 is 5.97 Å². The monoisotopic (exact) mass is 309 g/mol. The summed E-state index contributed by atoms with van der Waals surface area (Å²) in [5.41, 5.74) is 1.73. The van der Waals surface area contributed by atoms with Gasteiger partial charge < -0.3 is 10.0 Å². The van der Waals surface area contributed by atoms with E-state index in [4.69, 9.17) is 16.7 Å². The second-order valence-electron chi connectivity index (χ2n) is 4.70. The number of fused-ring (bicyclic) bond motifs is 1. The van der Waals surface area contributed by atoms with Gasteiger partial charge in [0.05, 0.1) is 12.1 Å². The number of hydrogen-bond acceptors (Lipinski definition) is 3. The zero-order valence-corrected chi connectivity index (χ0v) is 12.6. The maximum atomic E-state index is 12.5. The molecule has 21 heavy (non-hydrogen) atoms. The van der Waals surface area contributed by atoms with Crippen molar-refractivity contribution in [3.63, 3.8) is 0 Å². The van der Waals surface area contributed by atoms with Crippen molar-refractivity contribution in [3.05, 3.63) is 34.7 Å². The zero-order valence-electron chi connectivity index (χ0n) is 11.8. The predicted molar refractivity (Wildman–Crippen MR) is 78.8 cm³/mol. The SMILES string of the molecule is CCc1nc2cc(Cl)ccn2c1C(=O)N(C)CCC(=O)O. The van der Waals surface area contributed by atoms with Gasteiger partial charge in [0.15, 0.2) is 0 Å². The Hall–Kier alpha value is -2.08. The number of aryl methyl sites for hydroxylation is 1. The first-order chi connectivity index (χ1) is 9.93. The highest BCUT2D eigenvalue weighted by Gasteiger charge is 2.21. The van der Waals surface area contributed by atoms with Crippen LogP contribution >= 0.6 is 11.6 Å². The summed E-state index contributed by atoms with van der Waals surface area (Å²) < 4.78 is 1.68. The third-order valence-electron chi connectivity index (χ3n) is 3.21. The van der Waals surface area contributed by atoms with Gasteiger partial charge in [-0.25, -0.2) is 4.98 Å². The molecule has 1 amide bonds. The van der Waals surface area contributed by atoms with Crippen molar-refractivity contribution in [3.8, 4) is 0 Å². The van der Waals surface area contributed by atoms with Gasteiger partial charge >= 0.3 is 5.97 Å². The molecule has 0 atom stereocenters. The number of carbonyl (C=O) groups is 2. The van der Waals surface area contributed by atoms with Crippen molar-refractivity contribution < 1.29 is 14.7 Å². The Morgan fingerprint density at radius 3 is 2.81 bits per heavy atom. The number of rotatable bonds is 5. The van der Waals surface area contributed by atoms with Gasteiger partial charge in [-0.1, -0.05) is 18.5 Å². The summed E-state index contributed by atoms with van der Waals surface area (Å²) in [6, 6.07) is 3.37. The van der Waals surface area contributed by atoms with Crippen LogP contribution in [0.4, 0.5) is 0 Å². The molecule has 7 heteroatoms. The van der Waals surface area contributed by atoms with Gasteiger partial charge in [-0.15, -0.1) is 0 Å². The Morgan fingerprint density at radius 2 is 2.19 bits per heavy atom. The van der Waals surface area contributed by atoms with E-state index in [1.807, 2.05) is 6.92 Å². The highest BCUT2D eigenvalue weighted by atomic mass is 35.5. The number of nitrogens with zero attached hydrogens (tertiary/aromatic N) is 3. The Morgan fingerprint density at radius 1 is 1.48 bits per heavy atom. The van der Waals surface area contributed by atoms with Gasteiger partial charge in [0.25, 0.3) is 5.91 Å². The number of halogens is 1. The molecule has 0 spiro atoms. The molecule has 2 aromatic heterocycles. The number of amides is 1. The van der Waals surface area contributed by atoms with Gasteiger partial charge in [0.1, 0.15) is 11.3 Å². The van der Waals surface area contributed by atoms with Crippen LogP contribution in [0.1, 0.15) is 29.5 Å². The molecule has 0 unspecified atom stereocenters. The Balaban J connectivity index is 2.39. The molecule has 0 aliphatic carbocycles. The quantitative estimate of drug-likeness (QED) is 0.917. The van der Waals surface area contributed by atoms with E-state index in [0.717, 1.165) is 0 Å². The molecule has 0 fully saturated rings. The second-order valence-corrected chi connectivity index (χ2v) is 5.14. The number of imidazole rings is 1. The lowest BCUT2D eigenvalue weighted by molar-refractivity contribution is -0.137. The van der Waals surface area contributed by atoms with E-state index in [9.17, 15) is 9.59 Å². The first-order valence-corrected chi connectivity index (χ1v) is 6.95.